The highest BCUT2D eigenvalue weighted by atomic mass is 16.1. The zero-order valence-corrected chi connectivity index (χ0v) is 9.86. The second-order valence-electron chi connectivity index (χ2n) is 5.73. The van der Waals surface area contributed by atoms with Crippen molar-refractivity contribution in [3.63, 3.8) is 0 Å². The van der Waals surface area contributed by atoms with E-state index >= 15 is 0 Å². The Morgan fingerprint density at radius 1 is 1.44 bits per heavy atom. The number of rotatable bonds is 1. The first-order chi connectivity index (χ1) is 7.59. The van der Waals surface area contributed by atoms with Gasteiger partial charge in [-0.15, -0.1) is 0 Å². The van der Waals surface area contributed by atoms with E-state index in [1.165, 1.54) is 6.42 Å². The topological polar surface area (TPSA) is 30.0 Å². The monoisotopic (exact) mass is 215 g/mol. The van der Waals surface area contributed by atoms with Gasteiger partial charge in [0.2, 0.25) is 0 Å². The van der Waals surface area contributed by atoms with Crippen LogP contribution in [-0.2, 0) is 10.2 Å². The van der Waals surface area contributed by atoms with E-state index in [4.69, 9.17) is 0 Å². The fourth-order valence-corrected chi connectivity index (χ4v) is 3.97. The SMILES string of the molecule is CC1(C)C2CCC1(c1cccnc1)C(=O)C2. The Morgan fingerprint density at radius 3 is 2.75 bits per heavy atom. The van der Waals surface area contributed by atoms with Crippen molar-refractivity contribution in [2.24, 2.45) is 11.3 Å². The molecule has 0 spiro atoms. The van der Waals surface area contributed by atoms with E-state index in [1.807, 2.05) is 12.3 Å². The molecule has 2 aliphatic rings. The van der Waals surface area contributed by atoms with Gasteiger partial charge in [0.25, 0.3) is 0 Å². The van der Waals surface area contributed by atoms with Crippen LogP contribution >= 0.6 is 0 Å². The number of hydrogen-bond donors (Lipinski definition) is 0. The molecule has 1 aromatic rings. The molecule has 0 amide bonds. The lowest BCUT2D eigenvalue weighted by molar-refractivity contribution is -0.124. The van der Waals surface area contributed by atoms with Crippen LogP contribution in [0.5, 0.6) is 0 Å². The van der Waals surface area contributed by atoms with Gasteiger partial charge in [0.15, 0.2) is 0 Å². The van der Waals surface area contributed by atoms with Crippen LogP contribution in [0.15, 0.2) is 24.5 Å². The number of carbonyl (C=O) groups is 1. The van der Waals surface area contributed by atoms with Gasteiger partial charge in [-0.25, -0.2) is 0 Å². The maximum Gasteiger partial charge on any atom is 0.144 e. The second kappa shape index (κ2) is 2.93. The Hall–Kier alpha value is -1.18. The Labute approximate surface area is 96.1 Å². The minimum Gasteiger partial charge on any atom is -0.299 e. The molecule has 2 fully saturated rings. The van der Waals surface area contributed by atoms with E-state index in [1.54, 1.807) is 6.20 Å². The molecule has 2 unspecified atom stereocenters. The van der Waals surface area contributed by atoms with Gasteiger partial charge in [0.05, 0.1) is 5.41 Å². The molecular weight excluding hydrogens is 198 g/mol. The minimum absolute atomic E-state index is 0.104. The first-order valence-corrected chi connectivity index (χ1v) is 6.03. The molecule has 0 saturated heterocycles. The molecule has 0 aliphatic heterocycles. The summed E-state index contributed by atoms with van der Waals surface area (Å²) in [4.78, 5) is 16.5. The van der Waals surface area contributed by atoms with Gasteiger partial charge < -0.3 is 0 Å². The molecule has 3 rings (SSSR count). The van der Waals surface area contributed by atoms with E-state index in [-0.39, 0.29) is 10.8 Å². The van der Waals surface area contributed by atoms with Crippen LogP contribution in [0.25, 0.3) is 0 Å². The van der Waals surface area contributed by atoms with Crippen molar-refractivity contribution in [3.05, 3.63) is 30.1 Å². The highest BCUT2D eigenvalue weighted by Crippen LogP contribution is 2.64. The summed E-state index contributed by atoms with van der Waals surface area (Å²) < 4.78 is 0. The second-order valence-corrected chi connectivity index (χ2v) is 5.73. The molecule has 2 nitrogen and oxygen atoms in total. The molecular formula is C14H17NO. The van der Waals surface area contributed by atoms with Crippen molar-refractivity contribution in [1.82, 2.24) is 4.98 Å². The smallest absolute Gasteiger partial charge is 0.144 e. The summed E-state index contributed by atoms with van der Waals surface area (Å²) in [5, 5.41) is 0. The molecule has 2 heteroatoms. The number of nitrogens with zero attached hydrogens (tertiary/aromatic N) is 1. The summed E-state index contributed by atoms with van der Waals surface area (Å²) in [5.74, 6) is 1.00. The van der Waals surface area contributed by atoms with E-state index in [9.17, 15) is 4.79 Å². The largest absolute Gasteiger partial charge is 0.299 e. The number of aromatic nitrogens is 1. The summed E-state index contributed by atoms with van der Waals surface area (Å²) >= 11 is 0. The standard InChI is InChI=1S/C14H17NO/c1-13(2)10-5-6-14(13,12(16)8-10)11-4-3-7-15-9-11/h3-4,7,9-10H,5-6,8H2,1-2H3. The Morgan fingerprint density at radius 2 is 2.25 bits per heavy atom. The molecule has 1 heterocycles. The molecule has 0 aromatic carbocycles. The van der Waals surface area contributed by atoms with Gasteiger partial charge in [-0.2, -0.15) is 0 Å². The fourth-order valence-electron chi connectivity index (χ4n) is 3.97. The summed E-state index contributed by atoms with van der Waals surface area (Å²) in [5.41, 5.74) is 0.990. The fraction of sp³-hybridized carbons (Fsp3) is 0.571. The van der Waals surface area contributed by atoms with E-state index < -0.39 is 0 Å². The van der Waals surface area contributed by atoms with Gasteiger partial charge in [0, 0.05) is 18.8 Å². The third kappa shape index (κ3) is 0.933. The maximum atomic E-state index is 12.3. The van der Waals surface area contributed by atoms with Gasteiger partial charge in [-0.1, -0.05) is 19.9 Å². The first kappa shape index (κ1) is 10.0. The molecule has 2 aliphatic carbocycles. The number of Topliss-reactive ketones (excluding diaryl/α,β-unsaturated/α-hetero) is 1. The van der Waals surface area contributed by atoms with Crippen molar-refractivity contribution in [1.29, 1.82) is 0 Å². The van der Waals surface area contributed by atoms with Crippen LogP contribution < -0.4 is 0 Å². The van der Waals surface area contributed by atoms with Crippen LogP contribution in [0.4, 0.5) is 0 Å². The molecule has 2 atom stereocenters. The number of fused-ring (bicyclic) bond motifs is 2. The third-order valence-electron chi connectivity index (χ3n) is 5.05. The van der Waals surface area contributed by atoms with Gasteiger partial charge in [0.1, 0.15) is 5.78 Å². The highest BCUT2D eigenvalue weighted by Gasteiger charge is 2.64. The average molecular weight is 215 g/mol. The van der Waals surface area contributed by atoms with Crippen LogP contribution in [0.3, 0.4) is 0 Å². The summed E-state index contributed by atoms with van der Waals surface area (Å²) in [6.07, 6.45) is 6.62. The summed E-state index contributed by atoms with van der Waals surface area (Å²) in [6, 6.07) is 4.01. The van der Waals surface area contributed by atoms with Crippen molar-refractivity contribution in [2.75, 3.05) is 0 Å². The predicted molar refractivity (Wildman–Crippen MR) is 62.0 cm³/mol. The summed E-state index contributed by atoms with van der Waals surface area (Å²) in [7, 11) is 0. The molecule has 2 saturated carbocycles. The molecule has 0 radical (unpaired) electrons. The summed E-state index contributed by atoms with van der Waals surface area (Å²) in [6.45, 7) is 4.51. The van der Waals surface area contributed by atoms with Gasteiger partial charge in [-0.3, -0.25) is 9.78 Å². The van der Waals surface area contributed by atoms with Crippen molar-refractivity contribution in [2.45, 2.75) is 38.5 Å². The number of hydrogen-bond acceptors (Lipinski definition) is 2. The quantitative estimate of drug-likeness (QED) is 0.721. The predicted octanol–water partition coefficient (Wildman–Crippen LogP) is 2.73. The minimum atomic E-state index is -0.244. The number of ketones is 1. The van der Waals surface area contributed by atoms with Crippen molar-refractivity contribution < 1.29 is 4.79 Å². The van der Waals surface area contributed by atoms with Gasteiger partial charge in [-0.05, 0) is 35.8 Å². The molecule has 0 N–H and O–H groups in total. The van der Waals surface area contributed by atoms with Crippen molar-refractivity contribution in [3.8, 4) is 0 Å². The molecule has 2 bridgehead atoms. The lowest BCUT2D eigenvalue weighted by Gasteiger charge is -2.36. The lowest BCUT2D eigenvalue weighted by atomic mass is 9.65. The van der Waals surface area contributed by atoms with Crippen LogP contribution in [0.1, 0.15) is 38.7 Å². The van der Waals surface area contributed by atoms with Crippen molar-refractivity contribution >= 4 is 5.78 Å². The van der Waals surface area contributed by atoms with Crippen LogP contribution in [-0.4, -0.2) is 10.8 Å². The Balaban J connectivity index is 2.20. The zero-order valence-electron chi connectivity index (χ0n) is 9.86. The van der Waals surface area contributed by atoms with E-state index in [0.717, 1.165) is 18.4 Å². The van der Waals surface area contributed by atoms with Crippen LogP contribution in [0.2, 0.25) is 0 Å². The zero-order chi connectivity index (χ0) is 11.4. The Kier molecular flexibility index (Phi) is 1.84. The lowest BCUT2D eigenvalue weighted by Crippen LogP contribution is -2.40. The third-order valence-corrected chi connectivity index (χ3v) is 5.05. The molecule has 16 heavy (non-hydrogen) atoms. The van der Waals surface area contributed by atoms with E-state index in [2.05, 4.69) is 24.9 Å². The highest BCUT2D eigenvalue weighted by molar-refractivity contribution is 5.95. The average Bonchev–Trinajstić information content (AvgIpc) is 2.64. The number of carbonyl (C=O) groups excluding carboxylic acids is 1. The molecule has 1 aromatic heterocycles. The number of pyridine rings is 1. The maximum absolute atomic E-state index is 12.3. The normalized spacial score (nSPS) is 35.6. The first-order valence-electron chi connectivity index (χ1n) is 6.03. The van der Waals surface area contributed by atoms with Gasteiger partial charge >= 0.3 is 0 Å². The Bertz CT molecular complexity index is 437. The van der Waals surface area contributed by atoms with E-state index in [0.29, 0.717) is 11.7 Å². The van der Waals surface area contributed by atoms with Crippen LogP contribution in [0, 0.1) is 11.3 Å². The molecule has 84 valence electrons.